The number of aromatic nitrogens is 2. The third-order valence-corrected chi connectivity index (χ3v) is 8.65. The van der Waals surface area contributed by atoms with E-state index in [1.165, 1.54) is 16.1 Å². The van der Waals surface area contributed by atoms with E-state index in [1.807, 2.05) is 19.9 Å². The number of rotatable bonds is 10. The fourth-order valence-corrected chi connectivity index (χ4v) is 6.18. The van der Waals surface area contributed by atoms with Gasteiger partial charge in [0.05, 0.1) is 22.5 Å². The maximum absolute atomic E-state index is 13.0. The lowest BCUT2D eigenvalue weighted by molar-refractivity contribution is -0.142. The van der Waals surface area contributed by atoms with Gasteiger partial charge in [0.25, 0.3) is 0 Å². The predicted octanol–water partition coefficient (Wildman–Crippen LogP) is 4.62. The Morgan fingerprint density at radius 3 is 2.68 bits per heavy atom. The summed E-state index contributed by atoms with van der Waals surface area (Å²) in [5.74, 6) is -0.265. The fourth-order valence-electron chi connectivity index (χ4n) is 3.96. The number of thioether (sulfide) groups is 1. The Kier molecular flexibility index (Phi) is 8.04. The van der Waals surface area contributed by atoms with Crippen LogP contribution >= 0.6 is 11.8 Å². The zero-order valence-corrected chi connectivity index (χ0v) is 20.5. The van der Waals surface area contributed by atoms with Crippen LogP contribution in [0.1, 0.15) is 65.3 Å². The molecule has 7 nitrogen and oxygen atoms in total. The summed E-state index contributed by atoms with van der Waals surface area (Å²) in [6.45, 7) is 6.49. The lowest BCUT2D eigenvalue weighted by Crippen LogP contribution is -2.27. The molecule has 2 aromatic rings. The molecule has 1 aromatic heterocycles. The molecule has 0 N–H and O–H groups in total. The summed E-state index contributed by atoms with van der Waals surface area (Å²) >= 11 is 1.38. The molecule has 1 aliphatic carbocycles. The Morgan fingerprint density at radius 2 is 2.03 bits per heavy atom. The van der Waals surface area contributed by atoms with Crippen molar-refractivity contribution < 1.29 is 17.9 Å². The summed E-state index contributed by atoms with van der Waals surface area (Å²) in [4.78, 5) is 17.2. The predicted molar refractivity (Wildman–Crippen MR) is 124 cm³/mol. The van der Waals surface area contributed by atoms with Crippen LogP contribution in [0.5, 0.6) is 0 Å². The van der Waals surface area contributed by atoms with Gasteiger partial charge in [-0.25, -0.2) is 17.7 Å². The number of hydrogen-bond donors (Lipinski definition) is 0. The molecule has 31 heavy (non-hydrogen) atoms. The van der Waals surface area contributed by atoms with Gasteiger partial charge in [0, 0.05) is 19.6 Å². The normalized spacial score (nSPS) is 16.3. The maximum Gasteiger partial charge on any atom is 0.319 e. The van der Waals surface area contributed by atoms with Gasteiger partial charge in [-0.3, -0.25) is 4.79 Å². The molecule has 0 unspecified atom stereocenters. The van der Waals surface area contributed by atoms with E-state index in [9.17, 15) is 13.2 Å². The number of carbonyl (C=O) groups is 1. The molecule has 172 valence electrons. The summed E-state index contributed by atoms with van der Waals surface area (Å²) in [7, 11) is -1.95. The molecule has 0 saturated heterocycles. The highest BCUT2D eigenvalue weighted by Crippen LogP contribution is 2.38. The third-order valence-electron chi connectivity index (χ3n) is 5.75. The monoisotopic (exact) mass is 467 g/mol. The molecule has 9 heteroatoms. The molecule has 0 bridgehead atoms. The number of fused-ring (bicyclic) bond motifs is 1. The quantitative estimate of drug-likeness (QED) is 0.375. The molecule has 1 fully saturated rings. The van der Waals surface area contributed by atoms with E-state index in [1.54, 1.807) is 26.1 Å². The highest BCUT2D eigenvalue weighted by molar-refractivity contribution is 8.00. The van der Waals surface area contributed by atoms with Crippen LogP contribution in [0.4, 0.5) is 0 Å². The molecule has 1 aromatic carbocycles. The molecule has 0 aliphatic heterocycles. The van der Waals surface area contributed by atoms with E-state index in [2.05, 4.69) is 4.57 Å². The number of unbranched alkanes of at least 4 members (excludes halogenated alkanes) is 1. The average molecular weight is 468 g/mol. The molecule has 1 atom stereocenters. The smallest absolute Gasteiger partial charge is 0.319 e. The average Bonchev–Trinajstić information content (AvgIpc) is 3.38. The van der Waals surface area contributed by atoms with Crippen molar-refractivity contribution >= 4 is 38.8 Å². The number of nitrogens with zero attached hydrogens (tertiary/aromatic N) is 3. The van der Waals surface area contributed by atoms with Crippen molar-refractivity contribution in [2.45, 2.75) is 80.6 Å². The number of hydrogen-bond acceptors (Lipinski definition) is 6. The first-order valence-corrected chi connectivity index (χ1v) is 13.4. The summed E-state index contributed by atoms with van der Waals surface area (Å²) < 4.78 is 34.7. The van der Waals surface area contributed by atoms with Crippen molar-refractivity contribution in [2.24, 2.45) is 0 Å². The van der Waals surface area contributed by atoms with Gasteiger partial charge in [-0.05, 0) is 51.3 Å². The van der Waals surface area contributed by atoms with Crippen molar-refractivity contribution in [1.29, 1.82) is 0 Å². The first-order chi connectivity index (χ1) is 14.8. The summed E-state index contributed by atoms with van der Waals surface area (Å²) in [5.41, 5.74) is 1.57. The minimum absolute atomic E-state index is 0.254. The second kappa shape index (κ2) is 10.4. The second-order valence-electron chi connectivity index (χ2n) is 8.05. The van der Waals surface area contributed by atoms with E-state index < -0.39 is 10.0 Å². The summed E-state index contributed by atoms with van der Waals surface area (Å²) in [6, 6.07) is 5.52. The summed E-state index contributed by atoms with van der Waals surface area (Å²) in [6.07, 6.45) is 6.21. The first-order valence-electron chi connectivity index (χ1n) is 11.1. The van der Waals surface area contributed by atoms with Crippen LogP contribution in [0.2, 0.25) is 0 Å². The number of benzene rings is 1. The van der Waals surface area contributed by atoms with Crippen LogP contribution in [-0.4, -0.2) is 53.7 Å². The van der Waals surface area contributed by atoms with E-state index >= 15 is 0 Å². The van der Waals surface area contributed by atoms with Gasteiger partial charge >= 0.3 is 5.97 Å². The largest absolute Gasteiger partial charge is 0.465 e. The Bertz CT molecular complexity index is 1010. The standard InChI is InChI=1S/C22H33N3O4S2/c1-5-7-14-24(4)31(27,28)18-12-13-20-19(15-18)23-22(25(20)17-10-8-9-11-17)30-16(3)21(26)29-6-2/h12-13,15-17H,5-11,14H2,1-4H3/t16-/m0/s1. The molecule has 1 saturated carbocycles. The van der Waals surface area contributed by atoms with Crippen LogP contribution in [0.15, 0.2) is 28.3 Å². The van der Waals surface area contributed by atoms with Crippen LogP contribution in [0.25, 0.3) is 11.0 Å². The van der Waals surface area contributed by atoms with Gasteiger partial charge in [-0.2, -0.15) is 0 Å². The van der Waals surface area contributed by atoms with Gasteiger partial charge in [0.2, 0.25) is 10.0 Å². The highest BCUT2D eigenvalue weighted by atomic mass is 32.2. The van der Waals surface area contributed by atoms with Crippen molar-refractivity contribution in [3.05, 3.63) is 18.2 Å². The van der Waals surface area contributed by atoms with Crippen LogP contribution in [0.3, 0.4) is 0 Å². The number of imidazole rings is 1. The van der Waals surface area contributed by atoms with Crippen molar-refractivity contribution in [3.63, 3.8) is 0 Å². The van der Waals surface area contributed by atoms with Crippen LogP contribution in [-0.2, 0) is 19.6 Å². The molecule has 1 heterocycles. The molecule has 0 spiro atoms. The zero-order valence-electron chi connectivity index (χ0n) is 18.8. The van der Waals surface area contributed by atoms with Crippen molar-refractivity contribution in [2.75, 3.05) is 20.2 Å². The third kappa shape index (κ3) is 5.26. The number of carbonyl (C=O) groups excluding carboxylic acids is 1. The van der Waals surface area contributed by atoms with Crippen molar-refractivity contribution in [3.8, 4) is 0 Å². The second-order valence-corrected chi connectivity index (χ2v) is 11.4. The minimum Gasteiger partial charge on any atom is -0.465 e. The zero-order chi connectivity index (χ0) is 22.6. The van der Waals surface area contributed by atoms with Gasteiger partial charge < -0.3 is 9.30 Å². The topological polar surface area (TPSA) is 81.5 Å². The van der Waals surface area contributed by atoms with Gasteiger partial charge in [-0.15, -0.1) is 0 Å². The lowest BCUT2D eigenvalue weighted by Gasteiger charge is -2.18. The molecule has 1 aliphatic rings. The number of esters is 1. The van der Waals surface area contributed by atoms with Crippen LogP contribution in [0, 0.1) is 0 Å². The molecular weight excluding hydrogens is 434 g/mol. The van der Waals surface area contributed by atoms with E-state index in [0.717, 1.165) is 49.2 Å². The highest BCUT2D eigenvalue weighted by Gasteiger charge is 2.27. The SMILES string of the molecule is CCCCN(C)S(=O)(=O)c1ccc2c(c1)nc(S[C@@H](C)C(=O)OCC)n2C1CCCC1. The van der Waals surface area contributed by atoms with E-state index in [-0.39, 0.29) is 16.1 Å². The maximum atomic E-state index is 13.0. The number of sulfonamides is 1. The Hall–Kier alpha value is -1.58. The van der Waals surface area contributed by atoms with Gasteiger partial charge in [0.1, 0.15) is 5.25 Å². The number of ether oxygens (including phenoxy) is 1. The van der Waals surface area contributed by atoms with Gasteiger partial charge in [-0.1, -0.05) is 37.9 Å². The lowest BCUT2D eigenvalue weighted by atomic mass is 10.2. The molecule has 3 rings (SSSR count). The van der Waals surface area contributed by atoms with Crippen LogP contribution < -0.4 is 0 Å². The van der Waals surface area contributed by atoms with Gasteiger partial charge in [0.15, 0.2) is 5.16 Å². The Morgan fingerprint density at radius 1 is 1.32 bits per heavy atom. The van der Waals surface area contributed by atoms with E-state index in [0.29, 0.717) is 24.7 Å². The molecule has 0 amide bonds. The minimum atomic E-state index is -3.57. The molecular formula is C22H33N3O4S2. The Labute approximate surface area is 189 Å². The fraction of sp³-hybridized carbons (Fsp3) is 0.636. The first kappa shape index (κ1) is 24.1. The van der Waals surface area contributed by atoms with E-state index in [4.69, 9.17) is 9.72 Å². The Balaban J connectivity index is 1.99. The van der Waals surface area contributed by atoms with Crippen molar-refractivity contribution in [1.82, 2.24) is 13.9 Å². The molecule has 0 radical (unpaired) electrons. The summed E-state index contributed by atoms with van der Waals surface area (Å²) in [5, 5.41) is 0.358.